The highest BCUT2D eigenvalue weighted by molar-refractivity contribution is 7.12. The third-order valence-electron chi connectivity index (χ3n) is 3.70. The first-order chi connectivity index (χ1) is 10.0. The lowest BCUT2D eigenvalue weighted by atomic mass is 9.99. The number of benzene rings is 1. The van der Waals surface area contributed by atoms with Crippen LogP contribution in [0, 0.1) is 6.92 Å². The fourth-order valence-electron chi connectivity index (χ4n) is 2.67. The molecule has 2 heterocycles. The Morgan fingerprint density at radius 1 is 1.33 bits per heavy atom. The molecule has 0 radical (unpaired) electrons. The Labute approximate surface area is 139 Å². The summed E-state index contributed by atoms with van der Waals surface area (Å²) in [5, 5.41) is 4.91. The minimum absolute atomic E-state index is 0.211. The van der Waals surface area contributed by atoms with Crippen LogP contribution in [0.25, 0.3) is 0 Å². The Hall–Kier alpha value is -0.740. The summed E-state index contributed by atoms with van der Waals surface area (Å²) in [6, 6.07) is 8.52. The number of halogens is 2. The Bertz CT molecular complexity index is 656. The van der Waals surface area contributed by atoms with Crippen molar-refractivity contribution in [2.75, 3.05) is 6.61 Å². The molecule has 0 spiro atoms. The highest BCUT2D eigenvalue weighted by Crippen LogP contribution is 2.41. The van der Waals surface area contributed by atoms with Gasteiger partial charge in [0.2, 0.25) is 0 Å². The number of ether oxygens (including phenoxy) is 1. The van der Waals surface area contributed by atoms with Gasteiger partial charge in [-0.3, -0.25) is 0 Å². The molecule has 0 saturated carbocycles. The number of aryl methyl sites for hydroxylation is 1. The molecule has 2 atom stereocenters. The SMILES string of the molecule is Cc1ccc(C(C)NC2CCOc3c(Cl)cc(Cl)cc32)s1. The Morgan fingerprint density at radius 2 is 2.14 bits per heavy atom. The summed E-state index contributed by atoms with van der Waals surface area (Å²) in [5.74, 6) is 0.763. The van der Waals surface area contributed by atoms with E-state index in [1.165, 1.54) is 9.75 Å². The molecule has 0 bridgehead atoms. The van der Waals surface area contributed by atoms with Crippen molar-refractivity contribution in [2.45, 2.75) is 32.4 Å². The minimum atomic E-state index is 0.211. The molecule has 2 unspecified atom stereocenters. The lowest BCUT2D eigenvalue weighted by molar-refractivity contribution is 0.246. The molecule has 0 aliphatic carbocycles. The van der Waals surface area contributed by atoms with Gasteiger partial charge in [-0.1, -0.05) is 23.2 Å². The van der Waals surface area contributed by atoms with E-state index in [-0.39, 0.29) is 12.1 Å². The van der Waals surface area contributed by atoms with Gasteiger partial charge in [-0.05, 0) is 38.1 Å². The maximum absolute atomic E-state index is 6.23. The zero-order valence-corrected chi connectivity index (χ0v) is 14.3. The van der Waals surface area contributed by atoms with E-state index in [2.05, 4.69) is 31.3 Å². The second-order valence-corrected chi connectivity index (χ2v) is 7.50. The van der Waals surface area contributed by atoms with Crippen LogP contribution >= 0.6 is 34.5 Å². The number of hydrogen-bond acceptors (Lipinski definition) is 3. The first-order valence-electron chi connectivity index (χ1n) is 6.98. The van der Waals surface area contributed by atoms with Crippen molar-refractivity contribution in [2.24, 2.45) is 0 Å². The first kappa shape index (κ1) is 15.2. The van der Waals surface area contributed by atoms with Crippen molar-refractivity contribution in [3.63, 3.8) is 0 Å². The fourth-order valence-corrected chi connectivity index (χ4v) is 4.12. The molecule has 1 aromatic carbocycles. The predicted octanol–water partition coefficient (Wildman–Crippen LogP) is 5.54. The molecule has 21 heavy (non-hydrogen) atoms. The molecule has 1 aliphatic heterocycles. The van der Waals surface area contributed by atoms with Crippen molar-refractivity contribution in [3.05, 3.63) is 49.6 Å². The summed E-state index contributed by atoms with van der Waals surface area (Å²) in [5.41, 5.74) is 1.05. The van der Waals surface area contributed by atoms with Crippen LogP contribution in [0.5, 0.6) is 5.75 Å². The van der Waals surface area contributed by atoms with Gasteiger partial charge >= 0.3 is 0 Å². The molecular weight excluding hydrogens is 325 g/mol. The maximum atomic E-state index is 6.23. The molecule has 0 saturated heterocycles. The predicted molar refractivity (Wildman–Crippen MR) is 89.9 cm³/mol. The van der Waals surface area contributed by atoms with Crippen molar-refractivity contribution in [1.29, 1.82) is 0 Å². The second-order valence-electron chi connectivity index (χ2n) is 5.33. The van der Waals surface area contributed by atoms with Crippen LogP contribution in [-0.2, 0) is 0 Å². The quantitative estimate of drug-likeness (QED) is 0.791. The summed E-state index contributed by atoms with van der Waals surface area (Å²) in [6.45, 7) is 4.99. The van der Waals surface area contributed by atoms with Gasteiger partial charge in [0.15, 0.2) is 0 Å². The zero-order valence-electron chi connectivity index (χ0n) is 12.0. The number of hydrogen-bond donors (Lipinski definition) is 1. The lowest BCUT2D eigenvalue weighted by Crippen LogP contribution is -2.29. The molecule has 1 aromatic heterocycles. The Balaban J connectivity index is 1.85. The van der Waals surface area contributed by atoms with Crippen LogP contribution in [0.4, 0.5) is 0 Å². The number of nitrogens with one attached hydrogen (secondary N) is 1. The third-order valence-corrected chi connectivity index (χ3v) is 5.39. The Kier molecular flexibility index (Phi) is 4.46. The van der Waals surface area contributed by atoms with Crippen LogP contribution in [0.3, 0.4) is 0 Å². The van der Waals surface area contributed by atoms with Gasteiger partial charge in [-0.25, -0.2) is 0 Å². The maximum Gasteiger partial charge on any atom is 0.142 e. The van der Waals surface area contributed by atoms with E-state index >= 15 is 0 Å². The van der Waals surface area contributed by atoms with Crippen LogP contribution in [0.15, 0.2) is 24.3 Å². The van der Waals surface area contributed by atoms with E-state index in [1.807, 2.05) is 17.4 Å². The monoisotopic (exact) mass is 341 g/mol. The van der Waals surface area contributed by atoms with E-state index in [1.54, 1.807) is 6.07 Å². The van der Waals surface area contributed by atoms with E-state index in [0.29, 0.717) is 16.7 Å². The van der Waals surface area contributed by atoms with Crippen LogP contribution in [0.2, 0.25) is 10.0 Å². The highest BCUT2D eigenvalue weighted by atomic mass is 35.5. The number of rotatable bonds is 3. The molecule has 2 nitrogen and oxygen atoms in total. The number of fused-ring (bicyclic) bond motifs is 1. The van der Waals surface area contributed by atoms with Crippen LogP contribution in [-0.4, -0.2) is 6.61 Å². The van der Waals surface area contributed by atoms with Gasteiger partial charge < -0.3 is 10.1 Å². The van der Waals surface area contributed by atoms with Crippen molar-refractivity contribution in [1.82, 2.24) is 5.32 Å². The van der Waals surface area contributed by atoms with Gasteiger partial charge in [-0.15, -0.1) is 11.3 Å². The molecule has 2 aromatic rings. The lowest BCUT2D eigenvalue weighted by Gasteiger charge is -2.30. The van der Waals surface area contributed by atoms with Gasteiger partial charge in [0, 0.05) is 38.8 Å². The molecule has 5 heteroatoms. The van der Waals surface area contributed by atoms with Crippen molar-refractivity contribution >= 4 is 34.5 Å². The van der Waals surface area contributed by atoms with Gasteiger partial charge in [0.25, 0.3) is 0 Å². The normalized spacial score (nSPS) is 19.0. The van der Waals surface area contributed by atoms with Crippen molar-refractivity contribution < 1.29 is 4.74 Å². The van der Waals surface area contributed by atoms with Crippen LogP contribution < -0.4 is 10.1 Å². The molecule has 112 valence electrons. The molecule has 0 amide bonds. The summed E-state index contributed by atoms with van der Waals surface area (Å²) in [4.78, 5) is 2.67. The fraction of sp³-hybridized carbons (Fsp3) is 0.375. The molecule has 1 aliphatic rings. The largest absolute Gasteiger partial charge is 0.492 e. The third kappa shape index (κ3) is 3.21. The summed E-state index contributed by atoms with van der Waals surface area (Å²) < 4.78 is 5.70. The summed E-state index contributed by atoms with van der Waals surface area (Å²) in [6.07, 6.45) is 0.915. The van der Waals surface area contributed by atoms with Gasteiger partial charge in [0.05, 0.1) is 11.6 Å². The standard InChI is InChI=1S/C16H17Cl2NOS/c1-9-3-4-15(21-9)10(2)19-14-5-6-20-16-12(14)7-11(17)8-13(16)18/h3-4,7-8,10,14,19H,5-6H2,1-2H3. The highest BCUT2D eigenvalue weighted by Gasteiger charge is 2.25. The average Bonchev–Trinajstić information content (AvgIpc) is 2.86. The molecule has 3 rings (SSSR count). The summed E-state index contributed by atoms with van der Waals surface area (Å²) >= 11 is 14.2. The van der Waals surface area contributed by atoms with E-state index < -0.39 is 0 Å². The smallest absolute Gasteiger partial charge is 0.142 e. The molecular formula is C16H17Cl2NOS. The van der Waals surface area contributed by atoms with Crippen LogP contribution in [0.1, 0.15) is 40.7 Å². The topological polar surface area (TPSA) is 21.3 Å². The van der Waals surface area contributed by atoms with Crippen molar-refractivity contribution in [3.8, 4) is 5.75 Å². The molecule has 0 fully saturated rings. The minimum Gasteiger partial charge on any atom is -0.492 e. The second kappa shape index (κ2) is 6.17. The van der Waals surface area contributed by atoms with E-state index in [0.717, 1.165) is 17.7 Å². The number of thiophene rings is 1. The van der Waals surface area contributed by atoms with E-state index in [4.69, 9.17) is 27.9 Å². The molecule has 1 N–H and O–H groups in total. The van der Waals surface area contributed by atoms with Gasteiger partial charge in [0.1, 0.15) is 5.75 Å². The van der Waals surface area contributed by atoms with Gasteiger partial charge in [-0.2, -0.15) is 0 Å². The zero-order chi connectivity index (χ0) is 15.0. The average molecular weight is 342 g/mol. The first-order valence-corrected chi connectivity index (χ1v) is 8.56. The van der Waals surface area contributed by atoms with E-state index in [9.17, 15) is 0 Å². The Morgan fingerprint density at radius 3 is 2.86 bits per heavy atom. The summed E-state index contributed by atoms with van der Waals surface area (Å²) in [7, 11) is 0.